The lowest BCUT2D eigenvalue weighted by atomic mass is 10.3. The van der Waals surface area contributed by atoms with E-state index in [9.17, 15) is 9.59 Å². The standard InChI is InChI=1S/2C4H8O2S.C2H6O2S2/c2*1-3(7)2-4(5)6;3-1-5-6-2-4/h2*3,7H,2H2,1H3,(H,5,6);3-4H,1-2H2. The number of carboxylic acid groups (broad SMARTS) is 2. The Hall–Kier alpha value is 0.260. The first-order chi connectivity index (χ1) is 9.17. The highest BCUT2D eigenvalue weighted by atomic mass is 33.1. The van der Waals surface area contributed by atoms with E-state index >= 15 is 0 Å². The van der Waals surface area contributed by atoms with E-state index in [0.29, 0.717) is 0 Å². The fourth-order valence-corrected chi connectivity index (χ4v) is 1.49. The van der Waals surface area contributed by atoms with Crippen molar-refractivity contribution in [3.63, 3.8) is 0 Å². The summed E-state index contributed by atoms with van der Waals surface area (Å²) in [6.07, 6.45) is 0.284. The predicted octanol–water partition coefficient (Wildman–Crippen LogP) is 1.83. The molecule has 0 aromatic rings. The first-order valence-electron chi connectivity index (χ1n) is 5.43. The van der Waals surface area contributed by atoms with Crippen LogP contribution in [-0.4, -0.2) is 54.7 Å². The highest BCUT2D eigenvalue weighted by Crippen LogP contribution is 2.16. The van der Waals surface area contributed by atoms with Gasteiger partial charge in [-0.05, 0) is 0 Å². The normalized spacial score (nSPS) is 12.1. The van der Waals surface area contributed by atoms with E-state index < -0.39 is 11.9 Å². The molecule has 0 saturated carbocycles. The van der Waals surface area contributed by atoms with Crippen LogP contribution in [-0.2, 0) is 9.59 Å². The molecule has 0 heterocycles. The van der Waals surface area contributed by atoms with Gasteiger partial charge in [-0.2, -0.15) is 25.3 Å². The Morgan fingerprint density at radius 2 is 1.15 bits per heavy atom. The molecule has 4 N–H and O–H groups in total. The van der Waals surface area contributed by atoms with Gasteiger partial charge in [-0.1, -0.05) is 35.4 Å². The van der Waals surface area contributed by atoms with Crippen LogP contribution in [0.1, 0.15) is 26.7 Å². The van der Waals surface area contributed by atoms with Crippen LogP contribution in [0.4, 0.5) is 0 Å². The molecule has 2 atom stereocenters. The number of aliphatic hydroxyl groups excluding tert-OH is 2. The third-order valence-corrected chi connectivity index (χ3v) is 3.00. The fraction of sp³-hybridized carbons (Fsp3) is 0.800. The number of hydrogen-bond donors (Lipinski definition) is 6. The van der Waals surface area contributed by atoms with Crippen molar-refractivity contribution in [1.29, 1.82) is 0 Å². The maximum Gasteiger partial charge on any atom is 0.304 e. The molecule has 0 spiro atoms. The van der Waals surface area contributed by atoms with Crippen LogP contribution < -0.4 is 0 Å². The summed E-state index contributed by atoms with van der Waals surface area (Å²) in [4.78, 5) is 19.5. The van der Waals surface area contributed by atoms with Gasteiger partial charge in [0.2, 0.25) is 0 Å². The molecule has 0 aliphatic rings. The Bertz CT molecular complexity index is 214. The molecule has 0 rings (SSSR count). The number of hydrogen-bond acceptors (Lipinski definition) is 8. The van der Waals surface area contributed by atoms with Crippen LogP contribution in [0.25, 0.3) is 0 Å². The molecular weight excluding hydrogens is 344 g/mol. The lowest BCUT2D eigenvalue weighted by molar-refractivity contribution is -0.137. The van der Waals surface area contributed by atoms with Crippen LogP contribution in [0.15, 0.2) is 0 Å². The molecule has 10 heteroatoms. The molecule has 0 aliphatic carbocycles. The van der Waals surface area contributed by atoms with E-state index in [1.807, 2.05) is 0 Å². The van der Waals surface area contributed by atoms with E-state index in [1.165, 1.54) is 21.6 Å². The van der Waals surface area contributed by atoms with Crippen LogP contribution in [0.2, 0.25) is 0 Å². The third-order valence-electron chi connectivity index (χ3n) is 1.13. The summed E-state index contributed by atoms with van der Waals surface area (Å²) in [5, 5.41) is 32.1. The van der Waals surface area contributed by atoms with E-state index in [4.69, 9.17) is 20.4 Å². The number of aliphatic carboxylic acids is 2. The van der Waals surface area contributed by atoms with E-state index in [0.717, 1.165) is 0 Å². The molecule has 0 fully saturated rings. The number of carboxylic acids is 2. The summed E-state index contributed by atoms with van der Waals surface area (Å²) in [7, 11) is 2.46. The molecule has 122 valence electrons. The molecule has 0 saturated heterocycles. The summed E-state index contributed by atoms with van der Waals surface area (Å²) < 4.78 is 0. The zero-order valence-electron chi connectivity index (χ0n) is 11.3. The zero-order valence-corrected chi connectivity index (χ0v) is 14.7. The smallest absolute Gasteiger partial charge is 0.304 e. The van der Waals surface area contributed by atoms with Gasteiger partial charge in [-0.25, -0.2) is 0 Å². The van der Waals surface area contributed by atoms with E-state index in [2.05, 4.69) is 25.3 Å². The van der Waals surface area contributed by atoms with Crippen LogP contribution in [0, 0.1) is 0 Å². The summed E-state index contributed by atoms with van der Waals surface area (Å²) in [5.74, 6) is -1.43. The van der Waals surface area contributed by atoms with Gasteiger partial charge in [0, 0.05) is 10.5 Å². The minimum atomic E-state index is -0.789. The van der Waals surface area contributed by atoms with Gasteiger partial charge in [0.15, 0.2) is 0 Å². The summed E-state index contributed by atoms with van der Waals surface area (Å²) in [5.41, 5.74) is 0. The lowest BCUT2D eigenvalue weighted by Gasteiger charge is -1.93. The summed E-state index contributed by atoms with van der Waals surface area (Å²) in [6.45, 7) is 3.49. The minimum Gasteiger partial charge on any atom is -0.481 e. The maximum absolute atomic E-state index is 9.76. The number of rotatable bonds is 7. The third kappa shape index (κ3) is 42.9. The van der Waals surface area contributed by atoms with Gasteiger partial charge in [0.05, 0.1) is 24.7 Å². The monoisotopic (exact) mass is 366 g/mol. The Balaban J connectivity index is -0.000000218. The Morgan fingerprint density at radius 3 is 1.20 bits per heavy atom. The van der Waals surface area contributed by atoms with Crippen molar-refractivity contribution >= 4 is 58.8 Å². The Kier molecular flexibility index (Phi) is 24.3. The van der Waals surface area contributed by atoms with Crippen molar-refractivity contribution < 1.29 is 30.0 Å². The Labute approximate surface area is 137 Å². The van der Waals surface area contributed by atoms with Gasteiger partial charge in [-0.3, -0.25) is 9.59 Å². The van der Waals surface area contributed by atoms with Crippen molar-refractivity contribution in [1.82, 2.24) is 0 Å². The molecule has 0 radical (unpaired) electrons. The van der Waals surface area contributed by atoms with Crippen molar-refractivity contribution in [3.8, 4) is 0 Å². The van der Waals surface area contributed by atoms with Crippen molar-refractivity contribution in [2.24, 2.45) is 0 Å². The zero-order chi connectivity index (χ0) is 16.6. The number of aliphatic hydroxyl groups is 2. The SMILES string of the molecule is CC(S)CC(=O)O.CC(S)CC(=O)O.OCSSCO. The highest BCUT2D eigenvalue weighted by molar-refractivity contribution is 8.76. The largest absolute Gasteiger partial charge is 0.481 e. The van der Waals surface area contributed by atoms with Crippen molar-refractivity contribution in [2.75, 3.05) is 11.9 Å². The van der Waals surface area contributed by atoms with Gasteiger partial charge in [0.25, 0.3) is 0 Å². The molecule has 0 aromatic heterocycles. The molecule has 2 unspecified atom stereocenters. The maximum atomic E-state index is 9.76. The van der Waals surface area contributed by atoms with Crippen molar-refractivity contribution in [3.05, 3.63) is 0 Å². The summed E-state index contributed by atoms with van der Waals surface area (Å²) in [6, 6.07) is 0. The average Bonchev–Trinajstić information content (AvgIpc) is 2.24. The van der Waals surface area contributed by atoms with E-state index in [1.54, 1.807) is 13.8 Å². The van der Waals surface area contributed by atoms with Crippen molar-refractivity contribution in [2.45, 2.75) is 37.2 Å². The number of thiol groups is 2. The van der Waals surface area contributed by atoms with E-state index in [-0.39, 0.29) is 35.2 Å². The van der Waals surface area contributed by atoms with Gasteiger partial charge in [-0.15, -0.1) is 0 Å². The molecule has 0 bridgehead atoms. The fourth-order valence-electron chi connectivity index (χ4n) is 0.580. The second-order valence-corrected chi connectivity index (χ2v) is 7.55. The van der Waals surface area contributed by atoms with Crippen LogP contribution >= 0.6 is 46.8 Å². The van der Waals surface area contributed by atoms with Gasteiger partial charge in [0.1, 0.15) is 0 Å². The molecule has 20 heavy (non-hydrogen) atoms. The topological polar surface area (TPSA) is 115 Å². The average molecular weight is 367 g/mol. The molecule has 0 aliphatic heterocycles. The highest BCUT2D eigenvalue weighted by Gasteiger charge is 1.99. The molecule has 6 nitrogen and oxygen atoms in total. The molecule has 0 amide bonds. The minimum absolute atomic E-state index is 0.0301. The summed E-state index contributed by atoms with van der Waals surface area (Å²) >= 11 is 7.71. The number of carbonyl (C=O) groups is 2. The predicted molar refractivity (Wildman–Crippen MR) is 90.8 cm³/mol. The van der Waals surface area contributed by atoms with Crippen LogP contribution in [0.3, 0.4) is 0 Å². The van der Waals surface area contributed by atoms with Crippen LogP contribution in [0.5, 0.6) is 0 Å². The Morgan fingerprint density at radius 1 is 0.900 bits per heavy atom. The first kappa shape index (κ1) is 25.2. The second-order valence-electron chi connectivity index (χ2n) is 3.39. The second kappa shape index (κ2) is 19.3. The van der Waals surface area contributed by atoms with Gasteiger partial charge < -0.3 is 20.4 Å². The first-order valence-corrected chi connectivity index (χ1v) is 8.95. The van der Waals surface area contributed by atoms with Gasteiger partial charge >= 0.3 is 11.9 Å². The quantitative estimate of drug-likeness (QED) is 0.175. The lowest BCUT2D eigenvalue weighted by Crippen LogP contribution is -2.01. The molecular formula is C10H22O6S4. The molecule has 0 aromatic carbocycles.